The van der Waals surface area contributed by atoms with Gasteiger partial charge in [0.25, 0.3) is 0 Å². The van der Waals surface area contributed by atoms with Gasteiger partial charge in [0.1, 0.15) is 11.3 Å². The number of halogens is 1. The van der Waals surface area contributed by atoms with Gasteiger partial charge in [0.15, 0.2) is 0 Å². The van der Waals surface area contributed by atoms with Gasteiger partial charge in [0.05, 0.1) is 11.3 Å². The van der Waals surface area contributed by atoms with E-state index in [4.69, 9.17) is 16.0 Å². The standard InChI is InChI=1S/C10H10ClNO2/c1-12-5-6-4-8-7(2-3-14-8)9(11)10(6)13/h2-4,12-13H,5H2,1H3. The third-order valence-corrected chi connectivity index (χ3v) is 2.50. The first-order valence-corrected chi connectivity index (χ1v) is 4.64. The highest BCUT2D eigenvalue weighted by molar-refractivity contribution is 6.36. The molecular formula is C10H10ClNO2. The highest BCUT2D eigenvalue weighted by Gasteiger charge is 2.11. The van der Waals surface area contributed by atoms with Crippen molar-refractivity contribution in [2.45, 2.75) is 6.54 Å². The van der Waals surface area contributed by atoms with Gasteiger partial charge in [-0.05, 0) is 19.2 Å². The molecule has 0 aliphatic carbocycles. The zero-order chi connectivity index (χ0) is 10.1. The summed E-state index contributed by atoms with van der Waals surface area (Å²) in [6.45, 7) is 0.558. The van der Waals surface area contributed by atoms with E-state index in [1.165, 1.54) is 0 Å². The molecule has 1 heterocycles. The van der Waals surface area contributed by atoms with Crippen LogP contribution in [-0.2, 0) is 6.54 Å². The molecule has 0 amide bonds. The Labute approximate surface area is 86.3 Å². The summed E-state index contributed by atoms with van der Waals surface area (Å²) in [6.07, 6.45) is 1.55. The normalized spacial score (nSPS) is 11.0. The van der Waals surface area contributed by atoms with E-state index in [1.54, 1.807) is 25.4 Å². The van der Waals surface area contributed by atoms with Crippen LogP contribution in [0.15, 0.2) is 22.8 Å². The predicted octanol–water partition coefficient (Wildman–Crippen LogP) is 2.51. The summed E-state index contributed by atoms with van der Waals surface area (Å²) in [5.41, 5.74) is 1.43. The molecule has 4 heteroatoms. The van der Waals surface area contributed by atoms with Crippen LogP contribution in [0.2, 0.25) is 5.02 Å². The maximum atomic E-state index is 9.73. The second-order valence-corrected chi connectivity index (χ2v) is 3.44. The van der Waals surface area contributed by atoms with E-state index in [1.807, 2.05) is 0 Å². The third kappa shape index (κ3) is 1.35. The molecule has 0 bridgehead atoms. The lowest BCUT2D eigenvalue weighted by atomic mass is 10.1. The third-order valence-electron chi connectivity index (χ3n) is 2.12. The summed E-state index contributed by atoms with van der Waals surface area (Å²) in [6, 6.07) is 3.52. The summed E-state index contributed by atoms with van der Waals surface area (Å²) in [7, 11) is 1.81. The van der Waals surface area contributed by atoms with Gasteiger partial charge in [0.2, 0.25) is 0 Å². The second-order valence-electron chi connectivity index (χ2n) is 3.06. The lowest BCUT2D eigenvalue weighted by molar-refractivity contribution is 0.467. The molecule has 0 atom stereocenters. The molecule has 2 rings (SSSR count). The number of aromatic hydroxyl groups is 1. The van der Waals surface area contributed by atoms with Gasteiger partial charge >= 0.3 is 0 Å². The van der Waals surface area contributed by atoms with Crippen LogP contribution in [0.25, 0.3) is 11.0 Å². The monoisotopic (exact) mass is 211 g/mol. The van der Waals surface area contributed by atoms with Crippen LogP contribution in [0.1, 0.15) is 5.56 Å². The first-order chi connectivity index (χ1) is 6.74. The molecule has 1 aromatic carbocycles. The zero-order valence-electron chi connectivity index (χ0n) is 7.67. The van der Waals surface area contributed by atoms with E-state index in [9.17, 15) is 5.11 Å². The van der Waals surface area contributed by atoms with Crippen LogP contribution in [0.3, 0.4) is 0 Å². The molecular weight excluding hydrogens is 202 g/mol. The quantitative estimate of drug-likeness (QED) is 0.803. The van der Waals surface area contributed by atoms with Crippen molar-refractivity contribution in [2.75, 3.05) is 7.05 Å². The van der Waals surface area contributed by atoms with Crippen molar-refractivity contribution < 1.29 is 9.52 Å². The molecule has 2 aromatic rings. The fourth-order valence-electron chi connectivity index (χ4n) is 1.43. The second kappa shape index (κ2) is 3.52. The molecule has 2 N–H and O–H groups in total. The SMILES string of the molecule is CNCc1cc2occc2c(Cl)c1O. The van der Waals surface area contributed by atoms with Gasteiger partial charge < -0.3 is 14.8 Å². The minimum absolute atomic E-state index is 0.120. The number of phenols is 1. The molecule has 14 heavy (non-hydrogen) atoms. The molecule has 0 saturated carbocycles. The Hall–Kier alpha value is -1.19. The van der Waals surface area contributed by atoms with Gasteiger partial charge in [-0.3, -0.25) is 0 Å². The average molecular weight is 212 g/mol. The van der Waals surface area contributed by atoms with Crippen LogP contribution in [0.4, 0.5) is 0 Å². The Kier molecular flexibility index (Phi) is 2.35. The van der Waals surface area contributed by atoms with Gasteiger partial charge in [-0.15, -0.1) is 0 Å². The van der Waals surface area contributed by atoms with Crippen LogP contribution >= 0.6 is 11.6 Å². The fourth-order valence-corrected chi connectivity index (χ4v) is 1.71. The van der Waals surface area contributed by atoms with Gasteiger partial charge in [-0.1, -0.05) is 11.6 Å². The molecule has 3 nitrogen and oxygen atoms in total. The highest BCUT2D eigenvalue weighted by atomic mass is 35.5. The number of benzene rings is 1. The van der Waals surface area contributed by atoms with E-state index in [0.29, 0.717) is 17.2 Å². The van der Waals surface area contributed by atoms with E-state index < -0.39 is 0 Å². The fraction of sp³-hybridized carbons (Fsp3) is 0.200. The Morgan fingerprint density at radius 3 is 3.07 bits per heavy atom. The molecule has 0 fully saturated rings. The lowest BCUT2D eigenvalue weighted by Gasteiger charge is -2.05. The van der Waals surface area contributed by atoms with Gasteiger partial charge in [-0.2, -0.15) is 0 Å². The van der Waals surface area contributed by atoms with Crippen LogP contribution in [0, 0.1) is 0 Å². The Balaban J connectivity index is 2.67. The van der Waals surface area contributed by atoms with E-state index in [0.717, 1.165) is 10.9 Å². The molecule has 0 spiro atoms. The first-order valence-electron chi connectivity index (χ1n) is 4.26. The number of fused-ring (bicyclic) bond motifs is 1. The summed E-state index contributed by atoms with van der Waals surface area (Å²) in [5.74, 6) is 0.120. The van der Waals surface area contributed by atoms with Crippen molar-refractivity contribution in [3.8, 4) is 5.75 Å². The number of hydrogen-bond donors (Lipinski definition) is 2. The number of nitrogens with one attached hydrogen (secondary N) is 1. The smallest absolute Gasteiger partial charge is 0.139 e. The Morgan fingerprint density at radius 2 is 2.36 bits per heavy atom. The van der Waals surface area contributed by atoms with E-state index >= 15 is 0 Å². The summed E-state index contributed by atoms with van der Waals surface area (Å²) in [4.78, 5) is 0. The molecule has 0 radical (unpaired) electrons. The topological polar surface area (TPSA) is 45.4 Å². The number of hydrogen-bond acceptors (Lipinski definition) is 3. The number of rotatable bonds is 2. The first kappa shape index (κ1) is 9.37. The van der Waals surface area contributed by atoms with Gasteiger partial charge in [0, 0.05) is 17.5 Å². The van der Waals surface area contributed by atoms with Crippen molar-refractivity contribution in [1.29, 1.82) is 0 Å². The van der Waals surface area contributed by atoms with Gasteiger partial charge in [-0.25, -0.2) is 0 Å². The Bertz CT molecular complexity index is 464. The average Bonchev–Trinajstić information content (AvgIpc) is 2.62. The summed E-state index contributed by atoms with van der Waals surface area (Å²) >= 11 is 5.97. The number of furan rings is 1. The summed E-state index contributed by atoms with van der Waals surface area (Å²) in [5, 5.41) is 13.8. The van der Waals surface area contributed by atoms with E-state index in [2.05, 4.69) is 5.32 Å². The molecule has 0 aliphatic rings. The largest absolute Gasteiger partial charge is 0.506 e. The maximum absolute atomic E-state index is 9.73. The van der Waals surface area contributed by atoms with Crippen molar-refractivity contribution in [2.24, 2.45) is 0 Å². The maximum Gasteiger partial charge on any atom is 0.139 e. The van der Waals surface area contributed by atoms with Crippen molar-refractivity contribution >= 4 is 22.6 Å². The van der Waals surface area contributed by atoms with Crippen LogP contribution < -0.4 is 5.32 Å². The van der Waals surface area contributed by atoms with Crippen LogP contribution in [0.5, 0.6) is 5.75 Å². The molecule has 0 aliphatic heterocycles. The molecule has 0 saturated heterocycles. The van der Waals surface area contributed by atoms with Crippen molar-refractivity contribution in [3.63, 3.8) is 0 Å². The Morgan fingerprint density at radius 1 is 1.57 bits per heavy atom. The zero-order valence-corrected chi connectivity index (χ0v) is 8.43. The predicted molar refractivity (Wildman–Crippen MR) is 55.7 cm³/mol. The lowest BCUT2D eigenvalue weighted by Crippen LogP contribution is -2.05. The molecule has 1 aromatic heterocycles. The minimum atomic E-state index is 0.120. The van der Waals surface area contributed by atoms with Crippen LogP contribution in [-0.4, -0.2) is 12.2 Å². The summed E-state index contributed by atoms with van der Waals surface area (Å²) < 4.78 is 5.22. The number of phenolic OH excluding ortho intramolecular Hbond substituents is 1. The minimum Gasteiger partial charge on any atom is -0.506 e. The van der Waals surface area contributed by atoms with E-state index in [-0.39, 0.29) is 5.75 Å². The van der Waals surface area contributed by atoms with Crippen molar-refractivity contribution in [3.05, 3.63) is 29.0 Å². The molecule has 0 unspecified atom stereocenters. The molecule has 74 valence electrons. The van der Waals surface area contributed by atoms with Crippen molar-refractivity contribution in [1.82, 2.24) is 5.32 Å². The highest BCUT2D eigenvalue weighted by Crippen LogP contribution is 2.35.